The average molecular weight is 332 g/mol. The lowest BCUT2D eigenvalue weighted by molar-refractivity contribution is 0.225. The molecule has 1 aliphatic rings. The highest BCUT2D eigenvalue weighted by molar-refractivity contribution is 5.51. The van der Waals surface area contributed by atoms with Crippen LogP contribution in [0.3, 0.4) is 0 Å². The van der Waals surface area contributed by atoms with Crippen molar-refractivity contribution in [1.82, 2.24) is 14.9 Å². The van der Waals surface area contributed by atoms with Gasteiger partial charge in [-0.1, -0.05) is 34.3 Å². The summed E-state index contributed by atoms with van der Waals surface area (Å²) in [5.41, 5.74) is 2.35. The number of ether oxygens (including phenoxy) is 1. The number of hydrogen-bond donors (Lipinski definition) is 0. The van der Waals surface area contributed by atoms with Gasteiger partial charge >= 0.3 is 0 Å². The second kappa shape index (κ2) is 8.47. The van der Waals surface area contributed by atoms with E-state index >= 15 is 0 Å². The monoisotopic (exact) mass is 332 g/mol. The third-order valence-electron chi connectivity index (χ3n) is 4.63. The van der Waals surface area contributed by atoms with Crippen molar-refractivity contribution in [3.8, 4) is 0 Å². The summed E-state index contributed by atoms with van der Waals surface area (Å²) in [7, 11) is 0. The largest absolute Gasteiger partial charge is 0.497 e. The lowest BCUT2D eigenvalue weighted by Crippen LogP contribution is -2.30. The predicted octanol–water partition coefficient (Wildman–Crippen LogP) is 3.49. The zero-order valence-electron chi connectivity index (χ0n) is 15.9. The fourth-order valence-electron chi connectivity index (χ4n) is 3.21. The van der Waals surface area contributed by atoms with Gasteiger partial charge in [0.25, 0.3) is 0 Å². The molecule has 0 unspecified atom stereocenters. The van der Waals surface area contributed by atoms with Gasteiger partial charge in [-0.3, -0.25) is 4.90 Å². The molecule has 0 aromatic carbocycles. The van der Waals surface area contributed by atoms with Crippen molar-refractivity contribution in [1.29, 1.82) is 0 Å². The highest BCUT2D eigenvalue weighted by Crippen LogP contribution is 2.29. The lowest BCUT2D eigenvalue weighted by Gasteiger charge is -2.27. The molecule has 1 fully saturated rings. The second-order valence-electron chi connectivity index (χ2n) is 6.70. The molecule has 0 N–H and O–H groups in total. The van der Waals surface area contributed by atoms with Crippen molar-refractivity contribution in [3.63, 3.8) is 0 Å². The Morgan fingerprint density at radius 1 is 1.21 bits per heavy atom. The molecule has 0 amide bonds. The molecule has 0 saturated carbocycles. The van der Waals surface area contributed by atoms with E-state index in [0.717, 1.165) is 62.2 Å². The first kappa shape index (κ1) is 18.7. The van der Waals surface area contributed by atoms with Crippen molar-refractivity contribution in [3.05, 3.63) is 29.4 Å². The molecular formula is C19H32N4O. The maximum absolute atomic E-state index is 5.63. The smallest absolute Gasteiger partial charge is 0.144 e. The number of rotatable bonds is 6. The molecule has 24 heavy (non-hydrogen) atoms. The summed E-state index contributed by atoms with van der Waals surface area (Å²) in [5, 5.41) is 0. The number of anilines is 1. The van der Waals surface area contributed by atoms with Crippen LogP contribution >= 0.6 is 0 Å². The van der Waals surface area contributed by atoms with Crippen molar-refractivity contribution in [2.45, 2.75) is 53.5 Å². The van der Waals surface area contributed by atoms with E-state index in [1.807, 2.05) is 0 Å². The van der Waals surface area contributed by atoms with Crippen LogP contribution in [-0.2, 0) is 11.3 Å². The summed E-state index contributed by atoms with van der Waals surface area (Å²) in [6.45, 7) is 20.1. The molecule has 0 atom stereocenters. The molecule has 2 rings (SSSR count). The Hall–Kier alpha value is -1.62. The number of aromatic nitrogens is 2. The van der Waals surface area contributed by atoms with Crippen LogP contribution in [0.2, 0.25) is 0 Å². The Kier molecular flexibility index (Phi) is 6.60. The van der Waals surface area contributed by atoms with Gasteiger partial charge in [-0.05, 0) is 25.9 Å². The van der Waals surface area contributed by atoms with Gasteiger partial charge in [0.2, 0.25) is 0 Å². The quantitative estimate of drug-likeness (QED) is 0.797. The van der Waals surface area contributed by atoms with Crippen molar-refractivity contribution in [2.75, 3.05) is 37.7 Å². The molecule has 0 radical (unpaired) electrons. The van der Waals surface area contributed by atoms with Crippen LogP contribution in [-0.4, -0.2) is 47.7 Å². The molecule has 0 bridgehead atoms. The molecule has 0 aliphatic carbocycles. The average Bonchev–Trinajstić information content (AvgIpc) is 2.76. The maximum atomic E-state index is 5.63. The van der Waals surface area contributed by atoms with Gasteiger partial charge in [0.1, 0.15) is 18.2 Å². The van der Waals surface area contributed by atoms with Crippen LogP contribution in [0.4, 0.5) is 5.82 Å². The van der Waals surface area contributed by atoms with Crippen LogP contribution in [0.1, 0.15) is 57.1 Å². The third-order valence-corrected chi connectivity index (χ3v) is 4.63. The Balaban J connectivity index is 2.38. The van der Waals surface area contributed by atoms with E-state index in [1.165, 1.54) is 5.56 Å². The predicted molar refractivity (Wildman–Crippen MR) is 99.4 cm³/mol. The Morgan fingerprint density at radius 2 is 1.92 bits per heavy atom. The molecule has 5 heteroatoms. The molecule has 5 nitrogen and oxygen atoms in total. The Labute approximate surface area is 146 Å². The minimum absolute atomic E-state index is 0.398. The van der Waals surface area contributed by atoms with E-state index in [0.29, 0.717) is 12.5 Å². The summed E-state index contributed by atoms with van der Waals surface area (Å²) in [6.07, 6.45) is 0.853. The summed E-state index contributed by atoms with van der Waals surface area (Å²) < 4.78 is 5.63. The maximum Gasteiger partial charge on any atom is 0.144 e. The first-order valence-electron chi connectivity index (χ1n) is 9.11. The summed E-state index contributed by atoms with van der Waals surface area (Å²) in [6, 6.07) is 0. The van der Waals surface area contributed by atoms with Gasteiger partial charge < -0.3 is 9.64 Å². The molecule has 2 heterocycles. The lowest BCUT2D eigenvalue weighted by atomic mass is 10.0. The van der Waals surface area contributed by atoms with Gasteiger partial charge in [0.15, 0.2) is 0 Å². The highest BCUT2D eigenvalue weighted by Gasteiger charge is 2.22. The third kappa shape index (κ3) is 4.47. The fourth-order valence-corrected chi connectivity index (χ4v) is 3.21. The highest BCUT2D eigenvalue weighted by atomic mass is 16.5. The first-order chi connectivity index (χ1) is 11.5. The van der Waals surface area contributed by atoms with E-state index in [9.17, 15) is 0 Å². The molecule has 1 saturated heterocycles. The van der Waals surface area contributed by atoms with Crippen LogP contribution in [0.25, 0.3) is 0 Å². The van der Waals surface area contributed by atoms with Gasteiger partial charge in [-0.25, -0.2) is 9.97 Å². The minimum atomic E-state index is 0.398. The van der Waals surface area contributed by atoms with E-state index in [2.05, 4.69) is 51.0 Å². The van der Waals surface area contributed by atoms with E-state index in [4.69, 9.17) is 14.7 Å². The fraction of sp³-hybridized carbons (Fsp3) is 0.684. The van der Waals surface area contributed by atoms with E-state index in [-0.39, 0.29) is 0 Å². The summed E-state index contributed by atoms with van der Waals surface area (Å²) in [4.78, 5) is 14.5. The van der Waals surface area contributed by atoms with Gasteiger partial charge in [0, 0.05) is 24.2 Å². The van der Waals surface area contributed by atoms with Gasteiger partial charge in [0.05, 0.1) is 18.8 Å². The second-order valence-corrected chi connectivity index (χ2v) is 6.70. The van der Waals surface area contributed by atoms with Crippen LogP contribution in [0.5, 0.6) is 0 Å². The number of aryl methyl sites for hydroxylation is 1. The Morgan fingerprint density at radius 3 is 2.54 bits per heavy atom. The van der Waals surface area contributed by atoms with Crippen LogP contribution < -0.4 is 4.90 Å². The molecule has 1 aliphatic heterocycles. The molecular weight excluding hydrogens is 300 g/mol. The van der Waals surface area contributed by atoms with Gasteiger partial charge in [-0.2, -0.15) is 0 Å². The molecule has 0 spiro atoms. The SMILES string of the molecule is C=C1CCN(c2nc(CN(CC)CC)nc(C)c2C(C)C)CCO1. The zero-order valence-corrected chi connectivity index (χ0v) is 15.9. The van der Waals surface area contributed by atoms with Gasteiger partial charge in [-0.15, -0.1) is 0 Å². The first-order valence-corrected chi connectivity index (χ1v) is 9.11. The normalized spacial score (nSPS) is 15.8. The van der Waals surface area contributed by atoms with Crippen molar-refractivity contribution in [2.24, 2.45) is 0 Å². The van der Waals surface area contributed by atoms with Crippen molar-refractivity contribution < 1.29 is 4.74 Å². The zero-order chi connectivity index (χ0) is 17.7. The molecule has 134 valence electrons. The summed E-state index contributed by atoms with van der Waals surface area (Å²) >= 11 is 0. The topological polar surface area (TPSA) is 41.5 Å². The standard InChI is InChI=1S/C19H32N4O/c1-7-22(8-2)13-17-20-16(6)18(14(3)4)19(21-17)23-10-9-15(5)24-12-11-23/h14H,5,7-13H2,1-4,6H3. The molecule has 1 aromatic rings. The Bertz CT molecular complexity index is 567. The van der Waals surface area contributed by atoms with E-state index < -0.39 is 0 Å². The number of nitrogens with zero attached hydrogens (tertiary/aromatic N) is 4. The molecule has 1 aromatic heterocycles. The van der Waals surface area contributed by atoms with Crippen LogP contribution in [0, 0.1) is 6.92 Å². The van der Waals surface area contributed by atoms with Crippen molar-refractivity contribution >= 4 is 5.82 Å². The van der Waals surface area contributed by atoms with E-state index in [1.54, 1.807) is 0 Å². The van der Waals surface area contributed by atoms with Crippen LogP contribution in [0.15, 0.2) is 12.3 Å². The summed E-state index contributed by atoms with van der Waals surface area (Å²) in [5.74, 6) is 3.27. The number of hydrogen-bond acceptors (Lipinski definition) is 5. The minimum Gasteiger partial charge on any atom is -0.497 e.